The molecule has 1 saturated carbocycles. The largest absolute Gasteiger partial charge is 0.481 e. The number of carbonyl (C=O) groups is 2. The van der Waals surface area contributed by atoms with Gasteiger partial charge in [-0.05, 0) is 34.6 Å². The van der Waals surface area contributed by atoms with Gasteiger partial charge in [0.25, 0.3) is 0 Å². The van der Waals surface area contributed by atoms with Crippen LogP contribution in [-0.4, -0.2) is 41.0 Å². The first-order chi connectivity index (χ1) is 15.5. The number of hydrogen-bond donors (Lipinski definition) is 3. The van der Waals surface area contributed by atoms with Crippen molar-refractivity contribution in [3.63, 3.8) is 0 Å². The normalized spacial score (nSPS) is 17.8. The van der Waals surface area contributed by atoms with Gasteiger partial charge in [0.2, 0.25) is 0 Å². The van der Waals surface area contributed by atoms with Crippen molar-refractivity contribution < 1.29 is 24.5 Å². The van der Waals surface area contributed by atoms with Crippen LogP contribution in [0.2, 0.25) is 0 Å². The molecule has 0 aliphatic heterocycles. The molecule has 2 aromatic carbocycles. The lowest BCUT2D eigenvalue weighted by atomic mass is 9.83. The molecule has 1 fully saturated rings. The zero-order chi connectivity index (χ0) is 22.5. The van der Waals surface area contributed by atoms with Crippen LogP contribution in [0.5, 0.6) is 0 Å². The van der Waals surface area contributed by atoms with E-state index in [-0.39, 0.29) is 12.5 Å². The van der Waals surface area contributed by atoms with Gasteiger partial charge in [0, 0.05) is 5.92 Å². The van der Waals surface area contributed by atoms with E-state index in [9.17, 15) is 14.7 Å². The van der Waals surface area contributed by atoms with Gasteiger partial charge in [-0.2, -0.15) is 0 Å². The van der Waals surface area contributed by atoms with Crippen molar-refractivity contribution >= 4 is 12.1 Å². The summed E-state index contributed by atoms with van der Waals surface area (Å²) < 4.78 is 5.61. The third-order valence-electron chi connectivity index (χ3n) is 6.81. The Morgan fingerprint density at radius 2 is 1.56 bits per heavy atom. The second-order valence-electron chi connectivity index (χ2n) is 8.98. The van der Waals surface area contributed by atoms with Gasteiger partial charge in [-0.3, -0.25) is 4.79 Å². The van der Waals surface area contributed by atoms with Crippen molar-refractivity contribution in [2.24, 2.45) is 5.92 Å². The predicted molar refractivity (Wildman–Crippen MR) is 121 cm³/mol. The lowest BCUT2D eigenvalue weighted by Crippen LogP contribution is -2.46. The molecule has 6 heteroatoms. The van der Waals surface area contributed by atoms with Crippen molar-refractivity contribution in [2.75, 3.05) is 6.61 Å². The molecule has 4 rings (SSSR count). The highest BCUT2D eigenvalue weighted by Gasteiger charge is 2.31. The lowest BCUT2D eigenvalue weighted by molar-refractivity contribution is -0.139. The Morgan fingerprint density at radius 3 is 2.16 bits per heavy atom. The number of nitrogens with one attached hydrogen (secondary N) is 1. The van der Waals surface area contributed by atoms with Gasteiger partial charge < -0.3 is 20.3 Å². The minimum Gasteiger partial charge on any atom is -0.481 e. The van der Waals surface area contributed by atoms with Crippen molar-refractivity contribution in [3.8, 4) is 11.1 Å². The van der Waals surface area contributed by atoms with E-state index in [0.717, 1.165) is 47.9 Å². The Labute approximate surface area is 188 Å². The van der Waals surface area contributed by atoms with Crippen LogP contribution < -0.4 is 5.32 Å². The summed E-state index contributed by atoms with van der Waals surface area (Å²) in [7, 11) is 0. The summed E-state index contributed by atoms with van der Waals surface area (Å²) in [5.41, 5.74) is 4.57. The fourth-order valence-corrected chi connectivity index (χ4v) is 5.21. The first-order valence-corrected chi connectivity index (χ1v) is 11.5. The monoisotopic (exact) mass is 437 g/mol. The number of amides is 1. The Bertz CT molecular complexity index is 907. The molecule has 170 valence electrons. The third-order valence-corrected chi connectivity index (χ3v) is 6.81. The minimum atomic E-state index is -1.14. The number of alkyl carbamates (subject to hydrolysis) is 1. The fourth-order valence-electron chi connectivity index (χ4n) is 5.21. The van der Waals surface area contributed by atoms with Gasteiger partial charge in [-0.15, -0.1) is 0 Å². The Hall–Kier alpha value is -2.86. The minimum absolute atomic E-state index is 0.0473. The van der Waals surface area contributed by atoms with Crippen molar-refractivity contribution in [1.82, 2.24) is 5.32 Å². The molecular formula is C26H31NO5. The van der Waals surface area contributed by atoms with Crippen molar-refractivity contribution in [1.29, 1.82) is 0 Å². The number of benzene rings is 2. The number of rotatable bonds is 8. The summed E-state index contributed by atoms with van der Waals surface area (Å²) in [6, 6.07) is 15.6. The number of aliphatic carboxylic acids is 1. The quantitative estimate of drug-likeness (QED) is 0.556. The van der Waals surface area contributed by atoms with Gasteiger partial charge in [-0.25, -0.2) is 4.79 Å². The highest BCUT2D eigenvalue weighted by atomic mass is 16.5. The molecule has 0 radical (unpaired) electrons. The average molecular weight is 438 g/mol. The molecule has 0 aromatic heterocycles. The Morgan fingerprint density at radius 1 is 0.969 bits per heavy atom. The number of carboxylic acid groups (broad SMARTS) is 1. The Balaban J connectivity index is 1.41. The van der Waals surface area contributed by atoms with Crippen LogP contribution in [0, 0.1) is 5.92 Å². The summed E-state index contributed by atoms with van der Waals surface area (Å²) in [5, 5.41) is 22.3. The fraction of sp³-hybridized carbons (Fsp3) is 0.462. The van der Waals surface area contributed by atoms with Gasteiger partial charge in [0.05, 0.1) is 18.6 Å². The number of ether oxygens (including phenoxy) is 1. The van der Waals surface area contributed by atoms with Crippen LogP contribution in [0.3, 0.4) is 0 Å². The molecule has 0 heterocycles. The molecule has 0 bridgehead atoms. The maximum atomic E-state index is 12.7. The predicted octanol–water partition coefficient (Wildman–Crippen LogP) is 4.70. The first kappa shape index (κ1) is 22.3. The molecule has 2 aliphatic carbocycles. The number of carbonyl (C=O) groups excluding carboxylic acids is 1. The molecule has 1 amide bonds. The van der Waals surface area contributed by atoms with E-state index in [1.807, 2.05) is 24.3 Å². The molecule has 0 saturated heterocycles. The van der Waals surface area contributed by atoms with Crippen LogP contribution in [0.25, 0.3) is 11.1 Å². The highest BCUT2D eigenvalue weighted by Crippen LogP contribution is 2.44. The molecule has 2 aromatic rings. The third kappa shape index (κ3) is 5.13. The smallest absolute Gasteiger partial charge is 0.407 e. The van der Waals surface area contributed by atoms with E-state index in [4.69, 9.17) is 9.84 Å². The first-order valence-electron chi connectivity index (χ1n) is 11.5. The van der Waals surface area contributed by atoms with E-state index >= 15 is 0 Å². The molecule has 32 heavy (non-hydrogen) atoms. The number of hydrogen-bond acceptors (Lipinski definition) is 4. The molecule has 3 N–H and O–H groups in total. The summed E-state index contributed by atoms with van der Waals surface area (Å²) in [4.78, 5) is 23.8. The average Bonchev–Trinajstić information content (AvgIpc) is 3.11. The van der Waals surface area contributed by atoms with Crippen LogP contribution in [-0.2, 0) is 9.53 Å². The van der Waals surface area contributed by atoms with Gasteiger partial charge >= 0.3 is 12.1 Å². The SMILES string of the molecule is O=C(O)C[C@H](O)C(CC1CCCCC1)NC(=O)OCC1c2ccccc2-c2ccccc21. The Kier molecular flexibility index (Phi) is 7.10. The highest BCUT2D eigenvalue weighted by molar-refractivity contribution is 5.79. The van der Waals surface area contributed by atoms with E-state index in [0.29, 0.717) is 12.3 Å². The summed E-state index contributed by atoms with van der Waals surface area (Å²) >= 11 is 0. The molecule has 6 nitrogen and oxygen atoms in total. The maximum Gasteiger partial charge on any atom is 0.407 e. The van der Waals surface area contributed by atoms with Gasteiger partial charge in [-0.1, -0.05) is 80.6 Å². The van der Waals surface area contributed by atoms with E-state index < -0.39 is 30.6 Å². The molecule has 0 spiro atoms. The van der Waals surface area contributed by atoms with E-state index in [2.05, 4.69) is 29.6 Å². The number of fused-ring (bicyclic) bond motifs is 3. The van der Waals surface area contributed by atoms with E-state index in [1.165, 1.54) is 6.42 Å². The second-order valence-corrected chi connectivity index (χ2v) is 8.98. The maximum absolute atomic E-state index is 12.7. The zero-order valence-electron chi connectivity index (χ0n) is 18.2. The van der Waals surface area contributed by atoms with Crippen LogP contribution in [0.1, 0.15) is 62.0 Å². The van der Waals surface area contributed by atoms with Crippen LogP contribution in [0.15, 0.2) is 48.5 Å². The van der Waals surface area contributed by atoms with Crippen LogP contribution in [0.4, 0.5) is 4.79 Å². The standard InChI is InChI=1S/C26H31NO5/c28-24(15-25(29)30)23(14-17-8-2-1-3-9-17)27-26(31)32-16-22-20-12-6-4-10-18(20)19-11-5-7-13-21(19)22/h4-7,10-13,17,22-24,28H,1-3,8-9,14-16H2,(H,27,31)(H,29,30)/t23?,24-/m0/s1. The van der Waals surface area contributed by atoms with E-state index in [1.54, 1.807) is 0 Å². The summed E-state index contributed by atoms with van der Waals surface area (Å²) in [6.45, 7) is 0.186. The van der Waals surface area contributed by atoms with Crippen molar-refractivity contribution in [2.45, 2.75) is 63.0 Å². The molecule has 2 atom stereocenters. The topological polar surface area (TPSA) is 95.9 Å². The summed E-state index contributed by atoms with van der Waals surface area (Å²) in [5.74, 6) is -0.750. The number of aliphatic hydroxyl groups excluding tert-OH is 1. The summed E-state index contributed by atoms with van der Waals surface area (Å²) in [6.07, 6.45) is 3.98. The molecule has 1 unspecified atom stereocenters. The lowest BCUT2D eigenvalue weighted by Gasteiger charge is -2.29. The van der Waals surface area contributed by atoms with Gasteiger partial charge in [0.15, 0.2) is 0 Å². The van der Waals surface area contributed by atoms with Crippen LogP contribution >= 0.6 is 0 Å². The number of carboxylic acids is 1. The molecular weight excluding hydrogens is 406 g/mol. The zero-order valence-corrected chi connectivity index (χ0v) is 18.2. The van der Waals surface area contributed by atoms with Gasteiger partial charge in [0.1, 0.15) is 6.61 Å². The molecule has 2 aliphatic rings. The number of aliphatic hydroxyl groups is 1. The van der Waals surface area contributed by atoms with Crippen molar-refractivity contribution in [3.05, 3.63) is 59.7 Å². The second kappa shape index (κ2) is 10.2.